The van der Waals surface area contributed by atoms with Crippen LogP contribution in [0.2, 0.25) is 0 Å². The van der Waals surface area contributed by atoms with Crippen LogP contribution in [0.5, 0.6) is 0 Å². The van der Waals surface area contributed by atoms with Crippen molar-refractivity contribution in [3.63, 3.8) is 0 Å². The summed E-state index contributed by atoms with van der Waals surface area (Å²) < 4.78 is 26.4. The van der Waals surface area contributed by atoms with Gasteiger partial charge in [0.15, 0.2) is 0 Å². The number of rotatable bonds is 5. The highest BCUT2D eigenvalue weighted by molar-refractivity contribution is 7.89. The van der Waals surface area contributed by atoms with E-state index in [0.717, 1.165) is 18.4 Å². The minimum Gasteiger partial charge on any atom is -0.212 e. The lowest BCUT2D eigenvalue weighted by Crippen LogP contribution is -2.47. The van der Waals surface area contributed by atoms with Crippen LogP contribution in [-0.2, 0) is 21.2 Å². The summed E-state index contributed by atoms with van der Waals surface area (Å²) in [6.45, 7) is 2.35. The van der Waals surface area contributed by atoms with Gasteiger partial charge in [0.05, 0.1) is 5.75 Å². The second-order valence-corrected chi connectivity index (χ2v) is 7.46. The Kier molecular flexibility index (Phi) is 5.28. The predicted octanol–water partition coefficient (Wildman–Crippen LogP) is 1.95. The number of aliphatic imine (C=N–C) groups is 1. The normalized spacial score (nSPS) is 23.5. The number of benzene rings is 1. The first-order chi connectivity index (χ1) is 10.0. The van der Waals surface area contributed by atoms with E-state index >= 15 is 0 Å². The van der Waals surface area contributed by atoms with Crippen LogP contribution in [0.1, 0.15) is 25.3 Å². The van der Waals surface area contributed by atoms with Crippen molar-refractivity contribution in [3.8, 4) is 0 Å². The number of sulfonamides is 1. The average molecular weight is 308 g/mol. The molecular weight excluding hydrogens is 288 g/mol. The van der Waals surface area contributed by atoms with Crippen LogP contribution in [-0.4, -0.2) is 37.3 Å². The van der Waals surface area contributed by atoms with E-state index in [0.29, 0.717) is 13.0 Å². The average Bonchev–Trinajstić information content (AvgIpc) is 2.48. The van der Waals surface area contributed by atoms with Gasteiger partial charge in [-0.1, -0.05) is 37.3 Å². The zero-order valence-electron chi connectivity index (χ0n) is 12.1. The third kappa shape index (κ3) is 4.00. The van der Waals surface area contributed by atoms with Crippen LogP contribution in [0.4, 0.5) is 0 Å². The van der Waals surface area contributed by atoms with Crippen molar-refractivity contribution in [3.05, 3.63) is 35.9 Å². The van der Waals surface area contributed by atoms with E-state index in [4.69, 9.17) is 0 Å². The second-order valence-electron chi connectivity index (χ2n) is 5.42. The van der Waals surface area contributed by atoms with E-state index in [2.05, 4.69) is 4.99 Å². The van der Waals surface area contributed by atoms with E-state index in [1.807, 2.05) is 37.3 Å². The van der Waals surface area contributed by atoms with Gasteiger partial charge in [0.2, 0.25) is 16.1 Å². The molecule has 1 aliphatic heterocycles. The SMILES string of the molecule is CC1CCCN(S(=O)(=O)CCc2ccccc2)C1N=C=O. The molecule has 1 heterocycles. The maximum absolute atomic E-state index is 12.5. The smallest absolute Gasteiger partial charge is 0.212 e. The van der Waals surface area contributed by atoms with Crippen molar-refractivity contribution >= 4 is 16.1 Å². The molecule has 1 aromatic rings. The summed E-state index contributed by atoms with van der Waals surface area (Å²) in [7, 11) is -3.43. The highest BCUT2D eigenvalue weighted by atomic mass is 32.2. The molecule has 2 rings (SSSR count). The Labute approximate surface area is 125 Å². The van der Waals surface area contributed by atoms with Crippen LogP contribution >= 0.6 is 0 Å². The molecule has 0 saturated carbocycles. The summed E-state index contributed by atoms with van der Waals surface area (Å²) in [6, 6.07) is 9.51. The van der Waals surface area contributed by atoms with Gasteiger partial charge in [-0.2, -0.15) is 9.30 Å². The first-order valence-corrected chi connectivity index (χ1v) is 8.76. The predicted molar refractivity (Wildman–Crippen MR) is 80.9 cm³/mol. The number of carbonyl (C=O) groups excluding carboxylic acids is 1. The molecule has 1 saturated heterocycles. The lowest BCUT2D eigenvalue weighted by Gasteiger charge is -2.35. The van der Waals surface area contributed by atoms with E-state index in [9.17, 15) is 13.2 Å². The largest absolute Gasteiger partial charge is 0.236 e. The molecule has 0 aromatic heterocycles. The Morgan fingerprint density at radius 2 is 2.05 bits per heavy atom. The Morgan fingerprint density at radius 1 is 1.33 bits per heavy atom. The summed E-state index contributed by atoms with van der Waals surface area (Å²) >= 11 is 0. The molecular formula is C15H20N2O3S. The van der Waals surface area contributed by atoms with Gasteiger partial charge in [-0.3, -0.25) is 0 Å². The summed E-state index contributed by atoms with van der Waals surface area (Å²) in [4.78, 5) is 14.3. The Morgan fingerprint density at radius 3 is 2.71 bits per heavy atom. The third-order valence-corrected chi connectivity index (χ3v) is 5.71. The molecule has 2 unspecified atom stereocenters. The molecule has 6 heteroatoms. The molecule has 0 amide bonds. The number of hydrogen-bond acceptors (Lipinski definition) is 4. The highest BCUT2D eigenvalue weighted by Gasteiger charge is 2.36. The fourth-order valence-electron chi connectivity index (χ4n) is 2.69. The van der Waals surface area contributed by atoms with Gasteiger partial charge in [0, 0.05) is 6.54 Å². The quantitative estimate of drug-likeness (QED) is 0.617. The Balaban J connectivity index is 2.11. The van der Waals surface area contributed by atoms with Gasteiger partial charge in [-0.05, 0) is 30.7 Å². The van der Waals surface area contributed by atoms with Gasteiger partial charge in [0.1, 0.15) is 6.17 Å². The molecule has 0 radical (unpaired) electrons. The maximum atomic E-state index is 12.5. The number of hydrogen-bond donors (Lipinski definition) is 0. The minimum atomic E-state index is -3.43. The first kappa shape index (κ1) is 15.9. The third-order valence-electron chi connectivity index (χ3n) is 3.88. The van der Waals surface area contributed by atoms with Crippen molar-refractivity contribution < 1.29 is 13.2 Å². The fraction of sp³-hybridized carbons (Fsp3) is 0.533. The molecule has 1 fully saturated rings. The molecule has 1 aromatic carbocycles. The van der Waals surface area contributed by atoms with Crippen molar-refractivity contribution in [2.75, 3.05) is 12.3 Å². The second kappa shape index (κ2) is 6.98. The van der Waals surface area contributed by atoms with E-state index < -0.39 is 16.2 Å². The standard InChI is InChI=1S/C15H20N2O3S/c1-13-6-5-10-17(15(13)16-12-18)21(19,20)11-9-14-7-3-2-4-8-14/h2-4,7-8,13,15H,5-6,9-11H2,1H3. The van der Waals surface area contributed by atoms with Crippen molar-refractivity contribution in [2.45, 2.75) is 32.4 Å². The topological polar surface area (TPSA) is 66.8 Å². The number of piperidine rings is 1. The lowest BCUT2D eigenvalue weighted by molar-refractivity contribution is 0.194. The Bertz CT molecular complexity index is 609. The molecule has 5 nitrogen and oxygen atoms in total. The molecule has 2 atom stereocenters. The van der Waals surface area contributed by atoms with Crippen LogP contribution in [0.3, 0.4) is 0 Å². The summed E-state index contributed by atoms with van der Waals surface area (Å²) in [5.41, 5.74) is 0.988. The maximum Gasteiger partial charge on any atom is 0.236 e. The summed E-state index contributed by atoms with van der Waals surface area (Å²) in [5, 5.41) is 0. The number of isocyanates is 1. The van der Waals surface area contributed by atoms with Gasteiger partial charge < -0.3 is 0 Å². The van der Waals surface area contributed by atoms with Gasteiger partial charge >= 0.3 is 0 Å². The van der Waals surface area contributed by atoms with Crippen LogP contribution < -0.4 is 0 Å². The molecule has 0 bridgehead atoms. The summed E-state index contributed by atoms with van der Waals surface area (Å²) in [5.74, 6) is 0.0842. The number of aryl methyl sites for hydroxylation is 1. The molecule has 0 N–H and O–H groups in total. The van der Waals surface area contributed by atoms with Crippen molar-refractivity contribution in [2.24, 2.45) is 10.9 Å². The highest BCUT2D eigenvalue weighted by Crippen LogP contribution is 2.27. The van der Waals surface area contributed by atoms with Crippen LogP contribution in [0.15, 0.2) is 35.3 Å². The van der Waals surface area contributed by atoms with Gasteiger partial charge in [-0.15, -0.1) is 0 Å². The van der Waals surface area contributed by atoms with Crippen molar-refractivity contribution in [1.82, 2.24) is 4.31 Å². The fourth-order valence-corrected chi connectivity index (χ4v) is 4.41. The monoisotopic (exact) mass is 308 g/mol. The first-order valence-electron chi connectivity index (χ1n) is 7.15. The zero-order valence-corrected chi connectivity index (χ0v) is 12.9. The van der Waals surface area contributed by atoms with Crippen LogP contribution in [0.25, 0.3) is 0 Å². The van der Waals surface area contributed by atoms with E-state index in [1.54, 1.807) is 0 Å². The van der Waals surface area contributed by atoms with Crippen molar-refractivity contribution in [1.29, 1.82) is 0 Å². The molecule has 1 aliphatic rings. The summed E-state index contributed by atoms with van der Waals surface area (Å²) in [6.07, 6.45) is 3.05. The zero-order chi connectivity index (χ0) is 15.3. The van der Waals surface area contributed by atoms with Crippen LogP contribution in [0, 0.1) is 5.92 Å². The van der Waals surface area contributed by atoms with Gasteiger partial charge in [0.25, 0.3) is 0 Å². The molecule has 21 heavy (non-hydrogen) atoms. The lowest BCUT2D eigenvalue weighted by atomic mass is 9.98. The molecule has 114 valence electrons. The van der Waals surface area contributed by atoms with Gasteiger partial charge in [-0.25, -0.2) is 13.2 Å². The molecule has 0 aliphatic carbocycles. The molecule has 0 spiro atoms. The van der Waals surface area contributed by atoms with E-state index in [1.165, 1.54) is 10.4 Å². The minimum absolute atomic E-state index is 0.0363. The van der Waals surface area contributed by atoms with E-state index in [-0.39, 0.29) is 11.7 Å². The Hall–Kier alpha value is -1.49. The number of nitrogens with zero attached hydrogens (tertiary/aromatic N) is 2.